The molecule has 4 aromatic carbocycles. The molecule has 0 spiro atoms. The van der Waals surface area contributed by atoms with Crippen LogP contribution in [0, 0.1) is 20.8 Å². The van der Waals surface area contributed by atoms with E-state index in [9.17, 15) is 0 Å². The second-order valence-electron chi connectivity index (χ2n) is 12.7. The molecule has 0 atom stereocenters. The van der Waals surface area contributed by atoms with Gasteiger partial charge in [0.2, 0.25) is 35.3 Å². The average Bonchev–Trinajstić information content (AvgIpc) is 4.10. The van der Waals surface area contributed by atoms with Crippen LogP contribution in [0.25, 0.3) is 100 Å². The zero-order valence-corrected chi connectivity index (χ0v) is 32.4. The molecule has 0 aliphatic heterocycles. The van der Waals surface area contributed by atoms with E-state index in [0.717, 1.165) is 50.1 Å². The van der Waals surface area contributed by atoms with Gasteiger partial charge in [-0.05, 0) is 89.2 Å². The maximum Gasteiger partial charge on any atom is 0.247 e. The first-order valence-electron chi connectivity index (χ1n) is 17.3. The van der Waals surface area contributed by atoms with Gasteiger partial charge < -0.3 is 13.3 Å². The smallest absolute Gasteiger partial charge is 0.247 e. The van der Waals surface area contributed by atoms with Gasteiger partial charge in [0.25, 0.3) is 0 Å². The maximum atomic E-state index is 5.66. The van der Waals surface area contributed by atoms with Crippen molar-refractivity contribution in [2.75, 3.05) is 0 Å². The highest BCUT2D eigenvalue weighted by Gasteiger charge is 2.19. The van der Waals surface area contributed by atoms with Crippen molar-refractivity contribution in [3.8, 4) is 100 Å². The van der Waals surface area contributed by atoms with E-state index < -0.39 is 0 Å². The molecule has 0 aliphatic rings. The number of benzene rings is 4. The summed E-state index contributed by atoms with van der Waals surface area (Å²) in [5.41, 5.74) is 7.32. The van der Waals surface area contributed by atoms with Crippen LogP contribution in [0.5, 0.6) is 0 Å². The second kappa shape index (κ2) is 14.2. The molecule has 6 aromatic heterocycles. The lowest BCUT2D eigenvalue weighted by Crippen LogP contribution is -1.88. The van der Waals surface area contributed by atoms with E-state index in [1.165, 1.54) is 34.6 Å². The third kappa shape index (κ3) is 6.92. The highest BCUT2D eigenvalue weighted by Crippen LogP contribution is 2.38. The number of nitrogens with zero attached hydrogens (tertiary/aromatic N) is 12. The van der Waals surface area contributed by atoms with Gasteiger partial charge in [0.15, 0.2) is 17.5 Å². The Morgan fingerprint density at radius 1 is 0.351 bits per heavy atom. The van der Waals surface area contributed by atoms with E-state index >= 15 is 0 Å². The Morgan fingerprint density at radius 2 is 0.632 bits per heavy atom. The normalized spacial score (nSPS) is 11.4. The summed E-state index contributed by atoms with van der Waals surface area (Å²) >= 11 is 3.90. The SMILES string of the molecule is Cc1nnc(-c2cccc(-c3nsc(-c4cc(-c5nc(-c6cccc(-c7nnc(C)o7)c6)ns5)cc(-c5nc(-c6cccc(-c7nnc(C)o7)c6)ns5)c4)n3)c2)o1. The van der Waals surface area contributed by atoms with Crippen molar-refractivity contribution in [1.82, 2.24) is 58.7 Å². The lowest BCUT2D eigenvalue weighted by atomic mass is 10.1. The molecule has 10 aromatic rings. The largest absolute Gasteiger partial charge is 0.421 e. The molecule has 18 heteroatoms. The summed E-state index contributed by atoms with van der Waals surface area (Å²) in [6, 6.07) is 29.3. The fourth-order valence-electron chi connectivity index (χ4n) is 5.99. The van der Waals surface area contributed by atoms with Crippen molar-refractivity contribution in [2.45, 2.75) is 20.8 Å². The molecule has 15 nitrogen and oxygen atoms in total. The molecule has 0 amide bonds. The average molecular weight is 805 g/mol. The van der Waals surface area contributed by atoms with Crippen molar-refractivity contribution in [3.05, 3.63) is 109 Å². The number of aromatic nitrogens is 12. The highest BCUT2D eigenvalue weighted by molar-refractivity contribution is 7.10. The molecule has 0 N–H and O–H groups in total. The Morgan fingerprint density at radius 3 is 0.912 bits per heavy atom. The van der Waals surface area contributed by atoms with Crippen molar-refractivity contribution in [3.63, 3.8) is 0 Å². The molecule has 0 saturated heterocycles. The van der Waals surface area contributed by atoms with Gasteiger partial charge in [-0.25, -0.2) is 15.0 Å². The van der Waals surface area contributed by atoms with Crippen LogP contribution in [0.3, 0.4) is 0 Å². The Bertz CT molecular complexity index is 2730. The third-order valence-corrected chi connectivity index (χ3v) is 10.9. The molecule has 0 aliphatic carbocycles. The Labute approximate surface area is 334 Å². The molecular weight excluding hydrogens is 781 g/mol. The van der Waals surface area contributed by atoms with Gasteiger partial charge in [0.1, 0.15) is 15.0 Å². The summed E-state index contributed by atoms with van der Waals surface area (Å²) in [5.74, 6) is 4.49. The lowest BCUT2D eigenvalue weighted by molar-refractivity contribution is 0.532. The van der Waals surface area contributed by atoms with E-state index in [1.54, 1.807) is 20.8 Å². The number of hydrogen-bond donors (Lipinski definition) is 0. The molecule has 0 saturated carbocycles. The first-order chi connectivity index (χ1) is 27.9. The topological polar surface area (TPSA) is 194 Å². The van der Waals surface area contributed by atoms with E-state index in [0.29, 0.717) is 67.8 Å². The summed E-state index contributed by atoms with van der Waals surface area (Å²) < 4.78 is 31.2. The van der Waals surface area contributed by atoms with Crippen LogP contribution in [0.2, 0.25) is 0 Å². The van der Waals surface area contributed by atoms with E-state index in [-0.39, 0.29) is 0 Å². The van der Waals surface area contributed by atoms with Gasteiger partial charge in [0, 0.05) is 70.8 Å². The molecule has 6 heterocycles. The standard InChI is InChI=1S/C39H24N12O3S3/c1-19-43-46-34(52-19)25-10-4-7-22(13-25)31-40-37(55-49-31)28-16-29(38-41-32(50-56-38)23-8-5-11-26(14-23)35-47-44-20(2)53-35)18-30(17-28)39-42-33(51-57-39)24-9-6-12-27(15-24)36-48-45-21(3)54-36/h4-18H,1-3H3. The molecule has 0 bridgehead atoms. The highest BCUT2D eigenvalue weighted by atomic mass is 32.1. The van der Waals surface area contributed by atoms with Crippen molar-refractivity contribution in [1.29, 1.82) is 0 Å². The fraction of sp³-hybridized carbons (Fsp3) is 0.0769. The summed E-state index contributed by atoms with van der Waals surface area (Å²) in [5, 5.41) is 26.5. The second-order valence-corrected chi connectivity index (χ2v) is 14.9. The lowest BCUT2D eigenvalue weighted by Gasteiger charge is -2.05. The minimum atomic E-state index is 0.433. The first kappa shape index (κ1) is 34.5. The first-order valence-corrected chi connectivity index (χ1v) is 19.6. The van der Waals surface area contributed by atoms with Crippen LogP contribution in [0.4, 0.5) is 0 Å². The number of rotatable bonds is 9. The number of aryl methyl sites for hydroxylation is 3. The van der Waals surface area contributed by atoms with Crippen molar-refractivity contribution >= 4 is 34.6 Å². The van der Waals surface area contributed by atoms with Gasteiger partial charge in [-0.15, -0.1) is 30.6 Å². The minimum absolute atomic E-state index is 0.433. The molecule has 10 rings (SSSR count). The Kier molecular flexibility index (Phi) is 8.61. The van der Waals surface area contributed by atoms with Crippen LogP contribution in [-0.4, -0.2) is 58.7 Å². The zero-order chi connectivity index (χ0) is 38.5. The summed E-state index contributed by atoms with van der Waals surface area (Å²) in [6.07, 6.45) is 0. The van der Waals surface area contributed by atoms with Crippen molar-refractivity contribution in [2.24, 2.45) is 0 Å². The van der Waals surface area contributed by atoms with Crippen LogP contribution < -0.4 is 0 Å². The number of hydrogen-bond acceptors (Lipinski definition) is 18. The Balaban J connectivity index is 1.03. The quantitative estimate of drug-likeness (QED) is 0.134. The maximum absolute atomic E-state index is 5.66. The summed E-state index contributed by atoms with van der Waals surface area (Å²) in [7, 11) is 0. The third-order valence-electron chi connectivity index (χ3n) is 8.63. The van der Waals surface area contributed by atoms with Gasteiger partial charge in [0.05, 0.1) is 0 Å². The van der Waals surface area contributed by atoms with Gasteiger partial charge >= 0.3 is 0 Å². The fourth-order valence-corrected chi connectivity index (χ4v) is 7.99. The molecule has 0 unspecified atom stereocenters. The minimum Gasteiger partial charge on any atom is -0.421 e. The van der Waals surface area contributed by atoms with E-state index in [1.807, 2.05) is 91.0 Å². The van der Waals surface area contributed by atoms with Gasteiger partial charge in [-0.2, -0.15) is 13.1 Å². The molecule has 0 radical (unpaired) electrons. The summed E-state index contributed by atoms with van der Waals surface area (Å²) in [6.45, 7) is 5.28. The summed E-state index contributed by atoms with van der Waals surface area (Å²) in [4.78, 5) is 14.9. The van der Waals surface area contributed by atoms with E-state index in [2.05, 4.69) is 30.6 Å². The van der Waals surface area contributed by atoms with E-state index in [4.69, 9.17) is 41.3 Å². The van der Waals surface area contributed by atoms with Crippen molar-refractivity contribution < 1.29 is 13.3 Å². The monoisotopic (exact) mass is 804 g/mol. The molecule has 0 fully saturated rings. The van der Waals surface area contributed by atoms with Crippen LogP contribution in [0.1, 0.15) is 17.7 Å². The van der Waals surface area contributed by atoms with Gasteiger partial charge in [-0.3, -0.25) is 0 Å². The molecule has 57 heavy (non-hydrogen) atoms. The van der Waals surface area contributed by atoms with Crippen LogP contribution >= 0.6 is 34.6 Å². The predicted octanol–water partition coefficient (Wildman–Crippen LogP) is 9.32. The Hall–Kier alpha value is -7.02. The predicted molar refractivity (Wildman–Crippen MR) is 214 cm³/mol. The molecule has 276 valence electrons. The zero-order valence-electron chi connectivity index (χ0n) is 30.0. The molecular formula is C39H24N12O3S3. The van der Waals surface area contributed by atoms with Crippen LogP contribution in [-0.2, 0) is 0 Å². The van der Waals surface area contributed by atoms with Gasteiger partial charge in [-0.1, -0.05) is 36.4 Å². The van der Waals surface area contributed by atoms with Crippen LogP contribution in [0.15, 0.2) is 104 Å².